The standard InChI is InChI=1S/C25H27N3O6/c1-6-34-25(18-8-7-17(12-26)11-19(18)33-5)20(24(31)32)16(4)28(15(3)9-10-29)22-14(2)13-27-23(30)21(22)25/h7-8,10-11,13,15H,6,9H2,1-5H3,(H,27,30)(H,31,32)/t15?,25-/m0/s1. The number of H-pyrrole nitrogens is 1. The number of methoxy groups -OCH3 is 1. The Morgan fingerprint density at radius 2 is 2.09 bits per heavy atom. The molecule has 2 N–H and O–H groups in total. The molecule has 0 spiro atoms. The molecule has 0 fully saturated rings. The van der Waals surface area contributed by atoms with Gasteiger partial charge >= 0.3 is 5.97 Å². The Balaban J connectivity index is 2.61. The first-order valence-electron chi connectivity index (χ1n) is 10.8. The van der Waals surface area contributed by atoms with Crippen molar-refractivity contribution in [3.8, 4) is 11.8 Å². The van der Waals surface area contributed by atoms with E-state index in [9.17, 15) is 24.8 Å². The van der Waals surface area contributed by atoms with E-state index in [0.29, 0.717) is 22.5 Å². The second-order valence-corrected chi connectivity index (χ2v) is 8.05. The number of hydrogen-bond acceptors (Lipinski definition) is 7. The highest BCUT2D eigenvalue weighted by molar-refractivity contribution is 5.95. The number of benzene rings is 1. The highest BCUT2D eigenvalue weighted by atomic mass is 16.5. The van der Waals surface area contributed by atoms with E-state index in [-0.39, 0.29) is 35.5 Å². The number of aldehydes is 1. The van der Waals surface area contributed by atoms with Crippen molar-refractivity contribution in [2.45, 2.75) is 45.8 Å². The van der Waals surface area contributed by atoms with Gasteiger partial charge in [0.2, 0.25) is 0 Å². The molecule has 1 aromatic heterocycles. The zero-order chi connectivity index (χ0) is 25.2. The number of carbonyl (C=O) groups is 2. The van der Waals surface area contributed by atoms with E-state index in [2.05, 4.69) is 4.98 Å². The number of aromatic amines is 1. The first-order chi connectivity index (χ1) is 16.2. The Morgan fingerprint density at radius 1 is 1.38 bits per heavy atom. The molecule has 178 valence electrons. The summed E-state index contributed by atoms with van der Waals surface area (Å²) in [6, 6.07) is 6.18. The molecule has 1 unspecified atom stereocenters. The van der Waals surface area contributed by atoms with Crippen LogP contribution in [0.15, 0.2) is 40.5 Å². The van der Waals surface area contributed by atoms with Crippen molar-refractivity contribution in [1.29, 1.82) is 5.26 Å². The Kier molecular flexibility index (Phi) is 6.93. The number of aliphatic carboxylic acids is 1. The van der Waals surface area contributed by atoms with Crippen molar-refractivity contribution < 1.29 is 24.2 Å². The number of nitrogens with zero attached hydrogens (tertiary/aromatic N) is 2. The van der Waals surface area contributed by atoms with Gasteiger partial charge in [0.1, 0.15) is 12.0 Å². The lowest BCUT2D eigenvalue weighted by Gasteiger charge is -2.46. The number of anilines is 1. The number of aryl methyl sites for hydroxylation is 1. The summed E-state index contributed by atoms with van der Waals surface area (Å²) in [5, 5.41) is 19.8. The molecule has 0 bridgehead atoms. The predicted molar refractivity (Wildman–Crippen MR) is 125 cm³/mol. The van der Waals surface area contributed by atoms with Crippen molar-refractivity contribution in [3.63, 3.8) is 0 Å². The number of hydrogen-bond donors (Lipinski definition) is 2. The van der Waals surface area contributed by atoms with Crippen LogP contribution >= 0.6 is 0 Å². The van der Waals surface area contributed by atoms with Crippen molar-refractivity contribution in [2.75, 3.05) is 18.6 Å². The van der Waals surface area contributed by atoms with Gasteiger partial charge in [0, 0.05) is 36.5 Å². The molecular formula is C25H27N3O6. The lowest BCUT2D eigenvalue weighted by atomic mass is 9.74. The van der Waals surface area contributed by atoms with Crippen LogP contribution in [0.1, 0.15) is 49.4 Å². The average molecular weight is 466 g/mol. The molecule has 2 aromatic rings. The lowest BCUT2D eigenvalue weighted by Crippen LogP contribution is -2.50. The topological polar surface area (TPSA) is 133 Å². The molecule has 2 atom stereocenters. The van der Waals surface area contributed by atoms with E-state index < -0.39 is 23.2 Å². The average Bonchev–Trinajstić information content (AvgIpc) is 2.80. The van der Waals surface area contributed by atoms with Crippen molar-refractivity contribution >= 4 is 17.9 Å². The molecule has 1 aromatic carbocycles. The van der Waals surface area contributed by atoms with Crippen LogP contribution in [0, 0.1) is 18.3 Å². The molecular weight excluding hydrogens is 438 g/mol. The van der Waals surface area contributed by atoms with Gasteiger partial charge < -0.3 is 29.3 Å². The van der Waals surface area contributed by atoms with Gasteiger partial charge in [0.25, 0.3) is 5.56 Å². The number of nitrogens with one attached hydrogen (secondary N) is 1. The molecule has 9 nitrogen and oxygen atoms in total. The second kappa shape index (κ2) is 9.53. The SMILES string of the molecule is CCO[C@@]1(c2ccc(C#N)cc2OC)C(C(=O)O)=C(C)N(C(C)CC=O)c2c(C)c[nH]c(=O)c21. The van der Waals surface area contributed by atoms with Gasteiger partial charge in [0.15, 0.2) is 5.60 Å². The fourth-order valence-corrected chi connectivity index (χ4v) is 4.78. The largest absolute Gasteiger partial charge is 0.496 e. The van der Waals surface area contributed by atoms with Crippen LogP contribution in [0.4, 0.5) is 5.69 Å². The third-order valence-corrected chi connectivity index (χ3v) is 6.09. The number of fused-ring (bicyclic) bond motifs is 1. The first kappa shape index (κ1) is 24.7. The van der Waals surface area contributed by atoms with E-state index >= 15 is 0 Å². The zero-order valence-corrected chi connectivity index (χ0v) is 19.8. The summed E-state index contributed by atoms with van der Waals surface area (Å²) < 4.78 is 11.8. The molecule has 0 amide bonds. The van der Waals surface area contributed by atoms with Crippen molar-refractivity contribution in [2.24, 2.45) is 0 Å². The van der Waals surface area contributed by atoms with Gasteiger partial charge in [-0.25, -0.2) is 4.79 Å². The number of ether oxygens (including phenoxy) is 2. The first-order valence-corrected chi connectivity index (χ1v) is 10.8. The summed E-state index contributed by atoms with van der Waals surface area (Å²) in [6.45, 7) is 7.00. The van der Waals surface area contributed by atoms with Gasteiger partial charge in [-0.2, -0.15) is 5.26 Å². The smallest absolute Gasteiger partial charge is 0.337 e. The second-order valence-electron chi connectivity index (χ2n) is 8.05. The molecule has 3 rings (SSSR count). The van der Waals surface area contributed by atoms with Crippen LogP contribution in [0.2, 0.25) is 0 Å². The molecule has 1 aliphatic heterocycles. The quantitative estimate of drug-likeness (QED) is 0.569. The van der Waals surface area contributed by atoms with E-state index in [4.69, 9.17) is 9.47 Å². The fraction of sp³-hybridized carbons (Fsp3) is 0.360. The number of carboxylic acids is 1. The summed E-state index contributed by atoms with van der Waals surface area (Å²) in [7, 11) is 1.40. The van der Waals surface area contributed by atoms with Crippen LogP contribution in [-0.2, 0) is 19.9 Å². The molecule has 0 aliphatic carbocycles. The number of aromatic nitrogens is 1. The number of rotatable bonds is 8. The van der Waals surface area contributed by atoms with Crippen LogP contribution < -0.4 is 15.2 Å². The molecule has 0 radical (unpaired) electrons. The molecule has 0 saturated carbocycles. The van der Waals surface area contributed by atoms with E-state index in [1.165, 1.54) is 19.2 Å². The minimum Gasteiger partial charge on any atom is -0.496 e. The van der Waals surface area contributed by atoms with Crippen LogP contribution in [0.25, 0.3) is 0 Å². The summed E-state index contributed by atoms with van der Waals surface area (Å²) in [4.78, 5) is 42.1. The molecule has 34 heavy (non-hydrogen) atoms. The van der Waals surface area contributed by atoms with Gasteiger partial charge in [-0.05, 0) is 45.4 Å². The zero-order valence-electron chi connectivity index (χ0n) is 19.8. The van der Waals surface area contributed by atoms with E-state index in [0.717, 1.165) is 6.29 Å². The highest BCUT2D eigenvalue weighted by Crippen LogP contribution is 2.52. The maximum absolute atomic E-state index is 13.5. The van der Waals surface area contributed by atoms with Crippen molar-refractivity contribution in [1.82, 2.24) is 4.98 Å². The molecule has 1 aliphatic rings. The Morgan fingerprint density at radius 3 is 2.65 bits per heavy atom. The highest BCUT2D eigenvalue weighted by Gasteiger charge is 2.53. The summed E-state index contributed by atoms with van der Waals surface area (Å²) in [6.07, 6.45) is 2.43. The maximum atomic E-state index is 13.5. The van der Waals surface area contributed by atoms with Gasteiger partial charge in [-0.15, -0.1) is 0 Å². The Bertz CT molecular complexity index is 1270. The maximum Gasteiger partial charge on any atom is 0.337 e. The minimum atomic E-state index is -1.84. The van der Waals surface area contributed by atoms with Crippen LogP contribution in [0.3, 0.4) is 0 Å². The minimum absolute atomic E-state index is 0.0733. The lowest BCUT2D eigenvalue weighted by molar-refractivity contribution is -0.136. The molecule has 2 heterocycles. The summed E-state index contributed by atoms with van der Waals surface area (Å²) >= 11 is 0. The fourth-order valence-electron chi connectivity index (χ4n) is 4.78. The Labute approximate surface area is 197 Å². The van der Waals surface area contributed by atoms with E-state index in [1.807, 2.05) is 6.07 Å². The van der Waals surface area contributed by atoms with Crippen LogP contribution in [-0.4, -0.2) is 42.1 Å². The number of carboxylic acid groups (broad SMARTS) is 1. The summed E-state index contributed by atoms with van der Waals surface area (Å²) in [5.74, 6) is -1.08. The van der Waals surface area contributed by atoms with Gasteiger partial charge in [0.05, 0.1) is 35.6 Å². The monoisotopic (exact) mass is 465 g/mol. The third-order valence-electron chi connectivity index (χ3n) is 6.09. The number of allylic oxidation sites excluding steroid dienone is 1. The Hall–Kier alpha value is -3.90. The number of carbonyl (C=O) groups excluding carboxylic acids is 1. The number of pyridine rings is 1. The van der Waals surface area contributed by atoms with Gasteiger partial charge in [-0.1, -0.05) is 6.07 Å². The van der Waals surface area contributed by atoms with Crippen LogP contribution in [0.5, 0.6) is 5.75 Å². The van der Waals surface area contributed by atoms with Crippen molar-refractivity contribution in [3.05, 3.63) is 68.3 Å². The van der Waals surface area contributed by atoms with E-state index in [1.54, 1.807) is 44.9 Å². The summed E-state index contributed by atoms with van der Waals surface area (Å²) in [5.41, 5.74) is -0.382. The third kappa shape index (κ3) is 3.66. The predicted octanol–water partition coefficient (Wildman–Crippen LogP) is 3.00. The molecule has 9 heteroatoms. The normalized spacial score (nSPS) is 18.2. The van der Waals surface area contributed by atoms with Gasteiger partial charge in [-0.3, -0.25) is 4.79 Å². The molecule has 0 saturated heterocycles. The number of nitriles is 1.